The SMILES string of the molecule is CC(C)c1cccc(N2CC(c3nc(C(C)(C)C)no3)CC2=O)c1. The second-order valence-electron chi connectivity index (χ2n) is 7.86. The van der Waals surface area contributed by atoms with E-state index >= 15 is 0 Å². The lowest BCUT2D eigenvalue weighted by atomic mass is 9.96. The molecule has 5 heteroatoms. The highest BCUT2D eigenvalue weighted by atomic mass is 16.5. The minimum absolute atomic E-state index is 0.0381. The first kappa shape index (κ1) is 16.7. The lowest BCUT2D eigenvalue weighted by molar-refractivity contribution is -0.117. The Bertz CT molecular complexity index is 743. The summed E-state index contributed by atoms with van der Waals surface area (Å²) in [6, 6.07) is 8.19. The Kier molecular flexibility index (Phi) is 4.20. The van der Waals surface area contributed by atoms with Crippen LogP contribution in [0.1, 0.15) is 70.2 Å². The molecule has 5 nitrogen and oxygen atoms in total. The summed E-state index contributed by atoms with van der Waals surface area (Å²) in [7, 11) is 0. The standard InChI is InChI=1S/C19H25N3O2/c1-12(2)13-7-6-8-15(9-13)22-11-14(10-16(22)23)17-20-18(21-24-17)19(3,4)5/h6-9,12,14H,10-11H2,1-5H3. The molecule has 1 fully saturated rings. The first-order valence-corrected chi connectivity index (χ1v) is 8.50. The Morgan fingerprint density at radius 2 is 2.04 bits per heavy atom. The topological polar surface area (TPSA) is 59.2 Å². The Morgan fingerprint density at radius 1 is 1.29 bits per heavy atom. The second kappa shape index (κ2) is 6.04. The van der Waals surface area contributed by atoms with Gasteiger partial charge in [0.15, 0.2) is 5.82 Å². The minimum Gasteiger partial charge on any atom is -0.339 e. The molecule has 1 aromatic carbocycles. The van der Waals surface area contributed by atoms with E-state index in [1.807, 2.05) is 37.8 Å². The normalized spacial score (nSPS) is 18.7. The maximum absolute atomic E-state index is 12.5. The van der Waals surface area contributed by atoms with Crippen LogP contribution in [-0.2, 0) is 10.2 Å². The molecule has 0 aliphatic carbocycles. The zero-order valence-corrected chi connectivity index (χ0v) is 15.0. The van der Waals surface area contributed by atoms with Gasteiger partial charge in [-0.25, -0.2) is 0 Å². The van der Waals surface area contributed by atoms with Gasteiger partial charge in [-0.3, -0.25) is 4.79 Å². The van der Waals surface area contributed by atoms with Crippen LogP contribution in [0, 0.1) is 0 Å². The van der Waals surface area contributed by atoms with E-state index in [0.717, 1.165) is 5.69 Å². The van der Waals surface area contributed by atoms with Crippen LogP contribution in [0.25, 0.3) is 0 Å². The van der Waals surface area contributed by atoms with E-state index < -0.39 is 0 Å². The summed E-state index contributed by atoms with van der Waals surface area (Å²) in [5, 5.41) is 4.08. The van der Waals surface area contributed by atoms with Crippen molar-refractivity contribution in [2.75, 3.05) is 11.4 Å². The Balaban J connectivity index is 1.81. The van der Waals surface area contributed by atoms with Gasteiger partial charge in [0.05, 0.1) is 5.92 Å². The molecule has 1 aromatic heterocycles. The van der Waals surface area contributed by atoms with E-state index in [9.17, 15) is 4.79 Å². The molecule has 0 spiro atoms. The molecule has 1 unspecified atom stereocenters. The first-order valence-electron chi connectivity index (χ1n) is 8.50. The third-order valence-corrected chi connectivity index (χ3v) is 4.44. The number of benzene rings is 1. The predicted molar refractivity (Wildman–Crippen MR) is 93.2 cm³/mol. The molecular formula is C19H25N3O2. The quantitative estimate of drug-likeness (QED) is 0.854. The van der Waals surface area contributed by atoms with Gasteiger partial charge in [-0.05, 0) is 23.6 Å². The largest absolute Gasteiger partial charge is 0.339 e. The zero-order chi connectivity index (χ0) is 17.5. The summed E-state index contributed by atoms with van der Waals surface area (Å²) in [6.45, 7) is 11.0. The van der Waals surface area contributed by atoms with E-state index in [1.165, 1.54) is 5.56 Å². The molecule has 3 rings (SSSR count). The lowest BCUT2D eigenvalue weighted by Crippen LogP contribution is -2.24. The molecular weight excluding hydrogens is 302 g/mol. The molecule has 1 aliphatic rings. The summed E-state index contributed by atoms with van der Waals surface area (Å²) < 4.78 is 5.43. The smallest absolute Gasteiger partial charge is 0.232 e. The van der Waals surface area contributed by atoms with Crippen LogP contribution >= 0.6 is 0 Å². The molecule has 24 heavy (non-hydrogen) atoms. The van der Waals surface area contributed by atoms with Crippen molar-refractivity contribution >= 4 is 11.6 Å². The summed E-state index contributed by atoms with van der Waals surface area (Å²) >= 11 is 0. The van der Waals surface area contributed by atoms with Gasteiger partial charge in [-0.2, -0.15) is 4.98 Å². The van der Waals surface area contributed by atoms with Gasteiger partial charge in [0, 0.05) is 24.1 Å². The van der Waals surface area contributed by atoms with Gasteiger partial charge in [-0.15, -0.1) is 0 Å². The van der Waals surface area contributed by atoms with E-state index in [0.29, 0.717) is 30.6 Å². The van der Waals surface area contributed by atoms with Crippen molar-refractivity contribution in [1.29, 1.82) is 0 Å². The van der Waals surface area contributed by atoms with Crippen molar-refractivity contribution < 1.29 is 9.32 Å². The molecule has 0 saturated carbocycles. The van der Waals surface area contributed by atoms with Crippen LogP contribution in [0.5, 0.6) is 0 Å². The number of carbonyl (C=O) groups excluding carboxylic acids is 1. The van der Waals surface area contributed by atoms with Crippen molar-refractivity contribution in [2.24, 2.45) is 0 Å². The summed E-state index contributed by atoms with van der Waals surface area (Å²) in [4.78, 5) is 18.8. The number of anilines is 1. The highest BCUT2D eigenvalue weighted by Gasteiger charge is 2.36. The number of carbonyl (C=O) groups is 1. The highest BCUT2D eigenvalue weighted by molar-refractivity contribution is 5.96. The Hall–Kier alpha value is -2.17. The first-order chi connectivity index (χ1) is 11.3. The van der Waals surface area contributed by atoms with E-state index in [-0.39, 0.29) is 17.2 Å². The monoisotopic (exact) mass is 327 g/mol. The fraction of sp³-hybridized carbons (Fsp3) is 0.526. The van der Waals surface area contributed by atoms with Crippen molar-refractivity contribution in [2.45, 2.75) is 58.3 Å². The molecule has 1 aliphatic heterocycles. The van der Waals surface area contributed by atoms with Gasteiger partial charge in [-0.1, -0.05) is 51.9 Å². The minimum atomic E-state index is -0.157. The average Bonchev–Trinajstić information content (AvgIpc) is 3.13. The third-order valence-electron chi connectivity index (χ3n) is 4.44. The van der Waals surface area contributed by atoms with E-state index in [1.54, 1.807) is 0 Å². The summed E-state index contributed by atoms with van der Waals surface area (Å²) in [5.74, 6) is 1.75. The Labute approximate surface area is 143 Å². The molecule has 0 bridgehead atoms. The van der Waals surface area contributed by atoms with Crippen LogP contribution in [0.15, 0.2) is 28.8 Å². The molecule has 128 valence electrons. The number of aromatic nitrogens is 2. The van der Waals surface area contributed by atoms with Gasteiger partial charge in [0.2, 0.25) is 11.8 Å². The van der Waals surface area contributed by atoms with Crippen LogP contribution in [0.3, 0.4) is 0 Å². The van der Waals surface area contributed by atoms with Crippen LogP contribution in [0.2, 0.25) is 0 Å². The number of nitrogens with zero attached hydrogens (tertiary/aromatic N) is 3. The fourth-order valence-electron chi connectivity index (χ4n) is 2.88. The molecule has 0 radical (unpaired) electrons. The number of hydrogen-bond acceptors (Lipinski definition) is 4. The van der Waals surface area contributed by atoms with Gasteiger partial charge >= 0.3 is 0 Å². The van der Waals surface area contributed by atoms with E-state index in [4.69, 9.17) is 4.52 Å². The molecule has 2 heterocycles. The van der Waals surface area contributed by atoms with Gasteiger partial charge < -0.3 is 9.42 Å². The fourth-order valence-corrected chi connectivity index (χ4v) is 2.88. The number of rotatable bonds is 3. The molecule has 1 saturated heterocycles. The maximum atomic E-state index is 12.5. The second-order valence-corrected chi connectivity index (χ2v) is 7.86. The van der Waals surface area contributed by atoms with E-state index in [2.05, 4.69) is 36.1 Å². The summed E-state index contributed by atoms with van der Waals surface area (Å²) in [6.07, 6.45) is 0.414. The van der Waals surface area contributed by atoms with Crippen LogP contribution in [0.4, 0.5) is 5.69 Å². The predicted octanol–water partition coefficient (Wildman–Crippen LogP) is 4.01. The molecule has 1 amide bonds. The van der Waals surface area contributed by atoms with Crippen molar-refractivity contribution in [1.82, 2.24) is 10.1 Å². The zero-order valence-electron chi connectivity index (χ0n) is 15.0. The number of amides is 1. The highest BCUT2D eigenvalue weighted by Crippen LogP contribution is 2.33. The van der Waals surface area contributed by atoms with Gasteiger partial charge in [0.1, 0.15) is 0 Å². The van der Waals surface area contributed by atoms with Crippen LogP contribution in [-0.4, -0.2) is 22.6 Å². The number of hydrogen-bond donors (Lipinski definition) is 0. The van der Waals surface area contributed by atoms with Crippen molar-refractivity contribution in [3.05, 3.63) is 41.5 Å². The van der Waals surface area contributed by atoms with Crippen LogP contribution < -0.4 is 4.90 Å². The lowest BCUT2D eigenvalue weighted by Gasteiger charge is -2.18. The van der Waals surface area contributed by atoms with Crippen molar-refractivity contribution in [3.63, 3.8) is 0 Å². The average molecular weight is 327 g/mol. The summed E-state index contributed by atoms with van der Waals surface area (Å²) in [5.41, 5.74) is 2.02. The molecule has 1 atom stereocenters. The maximum Gasteiger partial charge on any atom is 0.232 e. The van der Waals surface area contributed by atoms with Gasteiger partial charge in [0.25, 0.3) is 0 Å². The molecule has 0 N–H and O–H groups in total. The van der Waals surface area contributed by atoms with Crippen molar-refractivity contribution in [3.8, 4) is 0 Å². The Morgan fingerprint density at radius 3 is 2.67 bits per heavy atom. The molecule has 2 aromatic rings. The third kappa shape index (κ3) is 3.21.